The van der Waals surface area contributed by atoms with E-state index in [-0.39, 0.29) is 13.3 Å². The Hall–Kier alpha value is -2.63. The van der Waals surface area contributed by atoms with Gasteiger partial charge in [-0.05, 0) is 50.5 Å². The van der Waals surface area contributed by atoms with Crippen LogP contribution in [0.15, 0.2) is 34.9 Å². The zero-order chi connectivity index (χ0) is 16.5. The summed E-state index contributed by atoms with van der Waals surface area (Å²) in [5.41, 5.74) is 2.65. The van der Waals surface area contributed by atoms with Gasteiger partial charge in [-0.2, -0.15) is 0 Å². The van der Waals surface area contributed by atoms with E-state index in [0.717, 1.165) is 35.5 Å². The van der Waals surface area contributed by atoms with Gasteiger partial charge in [0, 0.05) is 24.6 Å². The van der Waals surface area contributed by atoms with Crippen molar-refractivity contribution >= 4 is 23.0 Å². The standard InChI is InChI=1S/C18H20N4O2.CH4/c1-12-7-9-15-17(19-12)22(13-4-2-5-13)18(20-15)21-16(23)10-8-14-6-3-11-24-14;/h3,6-7,9,11,13H,2,4-5,8,10H2,1H3,(H,20,21,23);1H4. The molecule has 1 saturated carbocycles. The predicted molar refractivity (Wildman–Crippen MR) is 97.5 cm³/mol. The van der Waals surface area contributed by atoms with E-state index in [1.54, 1.807) is 6.26 Å². The number of imidazole rings is 1. The topological polar surface area (TPSA) is 73.0 Å². The number of fused-ring (bicyclic) bond motifs is 1. The summed E-state index contributed by atoms with van der Waals surface area (Å²) in [7, 11) is 0. The average Bonchev–Trinajstić information content (AvgIpc) is 3.13. The third-order valence-electron chi connectivity index (χ3n) is 4.55. The van der Waals surface area contributed by atoms with Crippen molar-refractivity contribution < 1.29 is 9.21 Å². The lowest BCUT2D eigenvalue weighted by Crippen LogP contribution is -2.22. The highest BCUT2D eigenvalue weighted by Crippen LogP contribution is 2.36. The molecule has 0 spiro atoms. The first kappa shape index (κ1) is 17.2. The molecule has 3 aromatic rings. The van der Waals surface area contributed by atoms with Gasteiger partial charge in [0.1, 0.15) is 11.3 Å². The molecule has 0 unspecified atom stereocenters. The number of anilines is 1. The van der Waals surface area contributed by atoms with Gasteiger partial charge in [0.2, 0.25) is 11.9 Å². The highest BCUT2D eigenvalue weighted by atomic mass is 16.3. The number of hydrogen-bond acceptors (Lipinski definition) is 4. The number of nitrogens with one attached hydrogen (secondary N) is 1. The number of pyridine rings is 1. The number of rotatable bonds is 5. The third-order valence-corrected chi connectivity index (χ3v) is 4.55. The van der Waals surface area contributed by atoms with Gasteiger partial charge in [0.15, 0.2) is 5.65 Å². The Balaban J connectivity index is 0.00000182. The van der Waals surface area contributed by atoms with Crippen LogP contribution in [-0.4, -0.2) is 20.4 Å². The van der Waals surface area contributed by atoms with Crippen LogP contribution in [0.4, 0.5) is 5.95 Å². The highest BCUT2D eigenvalue weighted by molar-refractivity contribution is 5.91. The van der Waals surface area contributed by atoms with Crippen LogP contribution in [-0.2, 0) is 11.2 Å². The lowest BCUT2D eigenvalue weighted by atomic mass is 9.93. The van der Waals surface area contributed by atoms with Gasteiger partial charge in [0.05, 0.1) is 6.26 Å². The number of aryl methyl sites for hydroxylation is 2. The van der Waals surface area contributed by atoms with Crippen LogP contribution in [0.3, 0.4) is 0 Å². The van der Waals surface area contributed by atoms with Gasteiger partial charge < -0.3 is 4.42 Å². The van der Waals surface area contributed by atoms with E-state index >= 15 is 0 Å². The van der Waals surface area contributed by atoms with Crippen LogP contribution < -0.4 is 5.32 Å². The van der Waals surface area contributed by atoms with Crippen LogP contribution in [0.1, 0.15) is 50.6 Å². The van der Waals surface area contributed by atoms with Gasteiger partial charge in [-0.25, -0.2) is 9.97 Å². The molecule has 0 aromatic carbocycles. The Labute approximate surface area is 147 Å². The number of amides is 1. The van der Waals surface area contributed by atoms with E-state index < -0.39 is 0 Å². The van der Waals surface area contributed by atoms with Crippen molar-refractivity contribution in [1.29, 1.82) is 0 Å². The van der Waals surface area contributed by atoms with Crippen molar-refractivity contribution in [3.63, 3.8) is 0 Å². The molecule has 0 bridgehead atoms. The zero-order valence-electron chi connectivity index (χ0n) is 13.7. The maximum absolute atomic E-state index is 12.3. The second kappa shape index (κ2) is 7.09. The molecule has 3 heterocycles. The van der Waals surface area contributed by atoms with Gasteiger partial charge in [-0.15, -0.1) is 0 Å². The smallest absolute Gasteiger partial charge is 0.227 e. The van der Waals surface area contributed by atoms with E-state index in [1.807, 2.05) is 31.2 Å². The molecule has 0 saturated heterocycles. The molecule has 1 aliphatic rings. The normalized spacial score (nSPS) is 14.1. The number of furan rings is 1. The summed E-state index contributed by atoms with van der Waals surface area (Å²) in [6.45, 7) is 1.97. The first-order valence-corrected chi connectivity index (χ1v) is 8.38. The van der Waals surface area contributed by atoms with Crippen LogP contribution in [0.25, 0.3) is 11.2 Å². The fourth-order valence-corrected chi connectivity index (χ4v) is 3.03. The van der Waals surface area contributed by atoms with E-state index in [0.29, 0.717) is 24.8 Å². The van der Waals surface area contributed by atoms with Gasteiger partial charge in [-0.1, -0.05) is 7.43 Å². The van der Waals surface area contributed by atoms with Crippen LogP contribution in [0.2, 0.25) is 0 Å². The molecule has 3 aromatic heterocycles. The molecule has 25 heavy (non-hydrogen) atoms. The van der Waals surface area contributed by atoms with Crippen LogP contribution in [0, 0.1) is 6.92 Å². The average molecular weight is 340 g/mol. The SMILES string of the molecule is C.Cc1ccc2nc(NC(=O)CCc3ccco3)n(C3CCC3)c2n1. The molecule has 1 amide bonds. The van der Waals surface area contributed by atoms with Crippen molar-refractivity contribution in [2.45, 2.75) is 52.5 Å². The number of carbonyl (C=O) groups excluding carboxylic acids is 1. The summed E-state index contributed by atoms with van der Waals surface area (Å²) in [4.78, 5) is 21.5. The third kappa shape index (κ3) is 3.43. The molecule has 6 nitrogen and oxygen atoms in total. The Bertz CT molecular complexity index is 863. The maximum Gasteiger partial charge on any atom is 0.227 e. The molecular weight excluding hydrogens is 316 g/mol. The van der Waals surface area contributed by atoms with Crippen molar-refractivity contribution in [2.75, 3.05) is 5.32 Å². The van der Waals surface area contributed by atoms with Gasteiger partial charge >= 0.3 is 0 Å². The Morgan fingerprint density at radius 2 is 2.16 bits per heavy atom. The quantitative estimate of drug-likeness (QED) is 0.753. The summed E-state index contributed by atoms with van der Waals surface area (Å²) in [5, 5.41) is 2.96. The lowest BCUT2D eigenvalue weighted by molar-refractivity contribution is -0.116. The summed E-state index contributed by atoms with van der Waals surface area (Å²) in [6.07, 6.45) is 6.00. The van der Waals surface area contributed by atoms with E-state index in [9.17, 15) is 4.79 Å². The molecule has 1 fully saturated rings. The van der Waals surface area contributed by atoms with Crippen molar-refractivity contribution in [3.8, 4) is 0 Å². The zero-order valence-corrected chi connectivity index (χ0v) is 13.7. The summed E-state index contributed by atoms with van der Waals surface area (Å²) in [5.74, 6) is 1.37. The Morgan fingerprint density at radius 1 is 1.32 bits per heavy atom. The number of carbonyl (C=O) groups is 1. The minimum absolute atomic E-state index is 0. The molecular formula is C19H24N4O2. The Kier molecular flexibility index (Phi) is 4.88. The molecule has 0 radical (unpaired) electrons. The Morgan fingerprint density at radius 3 is 2.84 bits per heavy atom. The number of nitrogens with zero attached hydrogens (tertiary/aromatic N) is 3. The second-order valence-corrected chi connectivity index (χ2v) is 6.31. The number of hydrogen-bond donors (Lipinski definition) is 1. The largest absolute Gasteiger partial charge is 0.469 e. The summed E-state index contributed by atoms with van der Waals surface area (Å²) in [6, 6.07) is 8.00. The number of aromatic nitrogens is 3. The first-order chi connectivity index (χ1) is 11.7. The van der Waals surface area contributed by atoms with E-state index in [4.69, 9.17) is 4.42 Å². The fraction of sp³-hybridized carbons (Fsp3) is 0.421. The monoisotopic (exact) mass is 340 g/mol. The van der Waals surface area contributed by atoms with Crippen molar-refractivity contribution in [1.82, 2.24) is 14.5 Å². The molecule has 0 aliphatic heterocycles. The summed E-state index contributed by atoms with van der Waals surface area (Å²) >= 11 is 0. The molecule has 1 N–H and O–H groups in total. The van der Waals surface area contributed by atoms with Crippen LogP contribution >= 0.6 is 0 Å². The fourth-order valence-electron chi connectivity index (χ4n) is 3.03. The van der Waals surface area contributed by atoms with Gasteiger partial charge in [0.25, 0.3) is 0 Å². The predicted octanol–water partition coefficient (Wildman–Crippen LogP) is 4.27. The van der Waals surface area contributed by atoms with Crippen LogP contribution in [0.5, 0.6) is 0 Å². The van der Waals surface area contributed by atoms with E-state index in [2.05, 4.69) is 19.9 Å². The summed E-state index contributed by atoms with van der Waals surface area (Å²) < 4.78 is 7.37. The first-order valence-electron chi connectivity index (χ1n) is 8.38. The lowest BCUT2D eigenvalue weighted by Gasteiger charge is -2.28. The molecule has 132 valence electrons. The second-order valence-electron chi connectivity index (χ2n) is 6.31. The molecule has 0 atom stereocenters. The van der Waals surface area contributed by atoms with Crippen molar-refractivity contribution in [3.05, 3.63) is 42.0 Å². The highest BCUT2D eigenvalue weighted by Gasteiger charge is 2.26. The minimum atomic E-state index is -0.0565. The minimum Gasteiger partial charge on any atom is -0.469 e. The maximum atomic E-state index is 12.3. The molecule has 4 rings (SSSR count). The van der Waals surface area contributed by atoms with E-state index in [1.165, 1.54) is 6.42 Å². The molecule has 1 aliphatic carbocycles. The molecule has 6 heteroatoms. The van der Waals surface area contributed by atoms with Gasteiger partial charge in [-0.3, -0.25) is 14.7 Å². The van der Waals surface area contributed by atoms with Crippen molar-refractivity contribution in [2.24, 2.45) is 0 Å².